The summed E-state index contributed by atoms with van der Waals surface area (Å²) in [6.07, 6.45) is 3.72. The molecule has 1 atom stereocenters. The Morgan fingerprint density at radius 3 is 2.41 bits per heavy atom. The van der Waals surface area contributed by atoms with Gasteiger partial charge in [0.2, 0.25) is 0 Å². The molecule has 1 saturated carbocycles. The van der Waals surface area contributed by atoms with Crippen molar-refractivity contribution in [3.63, 3.8) is 0 Å². The van der Waals surface area contributed by atoms with Gasteiger partial charge in [-0.3, -0.25) is 4.79 Å². The van der Waals surface area contributed by atoms with Gasteiger partial charge in [-0.2, -0.15) is 0 Å². The van der Waals surface area contributed by atoms with Crippen molar-refractivity contribution >= 4 is 34.5 Å². The van der Waals surface area contributed by atoms with E-state index >= 15 is 0 Å². The fourth-order valence-electron chi connectivity index (χ4n) is 2.37. The first-order chi connectivity index (χ1) is 7.86. The van der Waals surface area contributed by atoms with E-state index in [0.717, 1.165) is 22.0 Å². The third kappa shape index (κ3) is 2.12. The smallest absolute Gasteiger partial charge is 0.331 e. The highest BCUT2D eigenvalue weighted by Crippen LogP contribution is 2.53. The number of hydrogen-bond acceptors (Lipinski definition) is 2. The van der Waals surface area contributed by atoms with Crippen molar-refractivity contribution in [1.82, 2.24) is 0 Å². The van der Waals surface area contributed by atoms with Gasteiger partial charge in [-0.25, -0.2) is 4.79 Å². The van der Waals surface area contributed by atoms with Crippen molar-refractivity contribution < 1.29 is 19.8 Å². The van der Waals surface area contributed by atoms with Gasteiger partial charge in [0.15, 0.2) is 0 Å². The number of carboxylic acid groups (broad SMARTS) is 2. The molecule has 2 N–H and O–H groups in total. The summed E-state index contributed by atoms with van der Waals surface area (Å²) in [5, 5.41) is 18.4. The number of carboxylic acids is 2. The molecular weight excluding hydrogens is 335 g/mol. The average molecular weight is 348 g/mol. The van der Waals surface area contributed by atoms with E-state index in [2.05, 4.69) is 22.6 Å². The maximum Gasteiger partial charge on any atom is 0.331 e. The average Bonchev–Trinajstić information content (AvgIpc) is 3.00. The van der Waals surface area contributed by atoms with E-state index in [1.165, 1.54) is 0 Å². The monoisotopic (exact) mass is 348 g/mol. The fraction of sp³-hybridized carbons (Fsp3) is 0.500. The zero-order chi connectivity index (χ0) is 12.8. The van der Waals surface area contributed by atoms with Gasteiger partial charge < -0.3 is 10.2 Å². The molecule has 0 radical (unpaired) electrons. The Morgan fingerprint density at radius 1 is 1.41 bits per heavy atom. The molecule has 1 unspecified atom stereocenters. The zero-order valence-electron chi connectivity index (χ0n) is 9.36. The van der Waals surface area contributed by atoms with Crippen LogP contribution in [0.2, 0.25) is 0 Å². The Bertz CT molecular complexity index is 459. The molecule has 2 rings (SSSR count). The highest BCUT2D eigenvalue weighted by Gasteiger charge is 2.48. The lowest BCUT2D eigenvalue weighted by molar-refractivity contribution is -0.146. The Hall–Kier alpha value is -0.850. The van der Waals surface area contributed by atoms with Crippen molar-refractivity contribution in [3.05, 3.63) is 20.8 Å². The van der Waals surface area contributed by atoms with E-state index in [9.17, 15) is 14.7 Å². The standard InChI is InChI=1S/C12H13IO4/c1-12(11(16)17)5-7(10(14)15)4-8(13)9(12)6-2-3-6/h4,6H,2-3,5H2,1H3,(H,14,15)(H,16,17). The van der Waals surface area contributed by atoms with Gasteiger partial charge in [0.1, 0.15) is 0 Å². The van der Waals surface area contributed by atoms with Gasteiger partial charge in [-0.1, -0.05) is 0 Å². The first kappa shape index (κ1) is 12.6. The van der Waals surface area contributed by atoms with Gasteiger partial charge in [0.25, 0.3) is 0 Å². The van der Waals surface area contributed by atoms with E-state index in [4.69, 9.17) is 5.11 Å². The lowest BCUT2D eigenvalue weighted by atomic mass is 9.72. The molecule has 2 aliphatic carbocycles. The molecule has 0 aliphatic heterocycles. The van der Waals surface area contributed by atoms with Gasteiger partial charge in [0.05, 0.1) is 5.41 Å². The van der Waals surface area contributed by atoms with Crippen LogP contribution in [0.25, 0.3) is 0 Å². The normalized spacial score (nSPS) is 28.9. The third-order valence-electron chi connectivity index (χ3n) is 3.43. The van der Waals surface area contributed by atoms with Crippen LogP contribution < -0.4 is 0 Å². The lowest BCUT2D eigenvalue weighted by Gasteiger charge is -2.32. The maximum atomic E-state index is 11.5. The molecule has 5 heteroatoms. The van der Waals surface area contributed by atoms with Crippen LogP contribution in [0, 0.1) is 11.3 Å². The molecule has 0 saturated heterocycles. The summed E-state index contributed by atoms with van der Waals surface area (Å²) in [7, 11) is 0. The molecule has 0 aromatic carbocycles. The van der Waals surface area contributed by atoms with Crippen LogP contribution in [0.15, 0.2) is 20.8 Å². The summed E-state index contributed by atoms with van der Waals surface area (Å²) in [4.78, 5) is 22.5. The summed E-state index contributed by atoms with van der Waals surface area (Å²) in [6, 6.07) is 0. The Kier molecular flexibility index (Phi) is 3.05. The van der Waals surface area contributed by atoms with Crippen LogP contribution >= 0.6 is 22.6 Å². The van der Waals surface area contributed by atoms with Crippen LogP contribution in [-0.4, -0.2) is 22.2 Å². The van der Waals surface area contributed by atoms with Gasteiger partial charge in [-0.15, -0.1) is 0 Å². The van der Waals surface area contributed by atoms with E-state index < -0.39 is 17.4 Å². The summed E-state index contributed by atoms with van der Waals surface area (Å²) in [5.74, 6) is -1.63. The van der Waals surface area contributed by atoms with E-state index in [-0.39, 0.29) is 12.0 Å². The van der Waals surface area contributed by atoms with Crippen LogP contribution in [0.3, 0.4) is 0 Å². The summed E-state index contributed by atoms with van der Waals surface area (Å²) in [6.45, 7) is 1.64. The largest absolute Gasteiger partial charge is 0.481 e. The van der Waals surface area contributed by atoms with E-state index in [0.29, 0.717) is 5.92 Å². The van der Waals surface area contributed by atoms with Crippen LogP contribution in [0.1, 0.15) is 26.2 Å². The zero-order valence-corrected chi connectivity index (χ0v) is 11.5. The van der Waals surface area contributed by atoms with Crippen LogP contribution in [-0.2, 0) is 9.59 Å². The Balaban J connectivity index is 2.51. The molecule has 0 bridgehead atoms. The molecule has 1 fully saturated rings. The quantitative estimate of drug-likeness (QED) is 0.769. The second-order valence-electron chi connectivity index (χ2n) is 4.82. The summed E-state index contributed by atoms with van der Waals surface area (Å²) in [5.41, 5.74) is 0.0412. The predicted octanol–water partition coefficient (Wildman–Crippen LogP) is 2.59. The first-order valence-corrected chi connectivity index (χ1v) is 6.51. The number of hydrogen-bond donors (Lipinski definition) is 2. The molecule has 0 heterocycles. The lowest BCUT2D eigenvalue weighted by Crippen LogP contribution is -2.34. The van der Waals surface area contributed by atoms with E-state index in [1.54, 1.807) is 13.0 Å². The highest BCUT2D eigenvalue weighted by atomic mass is 127. The first-order valence-electron chi connectivity index (χ1n) is 5.43. The van der Waals surface area contributed by atoms with Crippen molar-refractivity contribution in [2.45, 2.75) is 26.2 Å². The van der Waals surface area contributed by atoms with Crippen molar-refractivity contribution in [3.8, 4) is 0 Å². The number of allylic oxidation sites excluding steroid dienone is 2. The number of halogens is 1. The topological polar surface area (TPSA) is 74.6 Å². The van der Waals surface area contributed by atoms with Crippen molar-refractivity contribution in [2.24, 2.45) is 11.3 Å². The minimum absolute atomic E-state index is 0.0794. The summed E-state index contributed by atoms with van der Waals surface area (Å²) < 4.78 is 0.790. The molecule has 0 aromatic rings. The Labute approximate surface area is 113 Å². The highest BCUT2D eigenvalue weighted by molar-refractivity contribution is 14.1. The van der Waals surface area contributed by atoms with Crippen LogP contribution in [0.4, 0.5) is 0 Å². The molecule has 17 heavy (non-hydrogen) atoms. The predicted molar refractivity (Wildman–Crippen MR) is 69.8 cm³/mol. The van der Waals surface area contributed by atoms with Gasteiger partial charge in [0, 0.05) is 9.15 Å². The number of carbonyl (C=O) groups is 2. The maximum absolute atomic E-state index is 11.5. The summed E-state index contributed by atoms with van der Waals surface area (Å²) >= 11 is 2.06. The minimum atomic E-state index is -1.06. The molecule has 4 nitrogen and oxygen atoms in total. The minimum Gasteiger partial charge on any atom is -0.481 e. The number of rotatable bonds is 3. The molecule has 2 aliphatic rings. The van der Waals surface area contributed by atoms with E-state index in [1.807, 2.05) is 0 Å². The molecule has 0 amide bonds. The van der Waals surface area contributed by atoms with Crippen molar-refractivity contribution in [2.75, 3.05) is 0 Å². The number of aliphatic carboxylic acids is 2. The second-order valence-corrected chi connectivity index (χ2v) is 5.99. The Morgan fingerprint density at radius 2 is 2.00 bits per heavy atom. The molecule has 0 spiro atoms. The third-order valence-corrected chi connectivity index (χ3v) is 4.32. The molecule has 0 aromatic heterocycles. The van der Waals surface area contributed by atoms with Gasteiger partial charge in [-0.05, 0) is 66.3 Å². The fourth-order valence-corrected chi connectivity index (χ4v) is 3.78. The molecular formula is C12H13IO4. The second kappa shape index (κ2) is 4.12. The molecule has 92 valence electrons. The SMILES string of the molecule is CC1(C(=O)O)CC(C(=O)O)=CC(I)=C1C1CC1. The van der Waals surface area contributed by atoms with Gasteiger partial charge >= 0.3 is 11.9 Å². The van der Waals surface area contributed by atoms with Crippen LogP contribution in [0.5, 0.6) is 0 Å². The van der Waals surface area contributed by atoms with Crippen molar-refractivity contribution in [1.29, 1.82) is 0 Å².